The topological polar surface area (TPSA) is 52.3 Å². The fourth-order valence-corrected chi connectivity index (χ4v) is 2.61. The molecule has 2 N–H and O–H groups in total. The van der Waals surface area contributed by atoms with Gasteiger partial charge in [0.2, 0.25) is 0 Å². The van der Waals surface area contributed by atoms with Crippen LogP contribution in [0.1, 0.15) is 37.6 Å². The van der Waals surface area contributed by atoms with E-state index in [1.807, 2.05) is 12.1 Å². The molecular formula is C14H21NO2S. The number of esters is 1. The lowest BCUT2D eigenvalue weighted by Crippen LogP contribution is -2.08. The molecule has 1 rings (SSSR count). The number of hydrogen-bond donors (Lipinski definition) is 1. The number of nitrogens with two attached hydrogens (primary N) is 1. The van der Waals surface area contributed by atoms with Gasteiger partial charge in [0.05, 0.1) is 12.2 Å². The number of rotatable bonds is 6. The van der Waals surface area contributed by atoms with E-state index in [0.717, 1.165) is 17.1 Å². The molecular weight excluding hydrogens is 246 g/mol. The molecule has 0 saturated carbocycles. The van der Waals surface area contributed by atoms with Crippen LogP contribution in [-0.2, 0) is 4.74 Å². The van der Waals surface area contributed by atoms with E-state index in [1.165, 1.54) is 0 Å². The smallest absolute Gasteiger partial charge is 0.340 e. The molecule has 100 valence electrons. The molecule has 0 fully saturated rings. The molecule has 1 aromatic rings. The van der Waals surface area contributed by atoms with E-state index in [1.54, 1.807) is 24.8 Å². The number of nitrogen functional groups attached to an aromatic ring is 1. The predicted octanol–water partition coefficient (Wildman–Crippen LogP) is 3.58. The van der Waals surface area contributed by atoms with Crippen molar-refractivity contribution in [2.45, 2.75) is 32.1 Å². The van der Waals surface area contributed by atoms with E-state index in [4.69, 9.17) is 10.5 Å². The molecule has 0 heterocycles. The van der Waals surface area contributed by atoms with Crippen LogP contribution in [0.3, 0.4) is 0 Å². The van der Waals surface area contributed by atoms with E-state index in [-0.39, 0.29) is 5.97 Å². The molecule has 3 nitrogen and oxygen atoms in total. The minimum Gasteiger partial charge on any atom is -0.462 e. The molecule has 0 bridgehead atoms. The quantitative estimate of drug-likeness (QED) is 0.486. The van der Waals surface area contributed by atoms with Crippen LogP contribution >= 0.6 is 11.8 Å². The van der Waals surface area contributed by atoms with Gasteiger partial charge in [-0.3, -0.25) is 0 Å². The normalized spacial score (nSPS) is 10.7. The van der Waals surface area contributed by atoms with Crippen molar-refractivity contribution in [3.8, 4) is 0 Å². The van der Waals surface area contributed by atoms with Crippen LogP contribution in [0.2, 0.25) is 0 Å². The minimum absolute atomic E-state index is 0.346. The molecule has 1 aromatic carbocycles. The second kappa shape index (κ2) is 7.31. The summed E-state index contributed by atoms with van der Waals surface area (Å²) >= 11 is 1.74. The Kier molecular flexibility index (Phi) is 6.05. The van der Waals surface area contributed by atoms with E-state index >= 15 is 0 Å². The lowest BCUT2D eigenvalue weighted by atomic mass is 10.2. The summed E-state index contributed by atoms with van der Waals surface area (Å²) in [4.78, 5) is 12.8. The SMILES string of the molecule is CCOC(=O)c1cc(SCCC(C)C)ccc1N. The van der Waals surface area contributed by atoms with Crippen LogP contribution in [-0.4, -0.2) is 18.3 Å². The first-order valence-corrected chi connectivity index (χ1v) is 7.22. The number of ether oxygens (including phenoxy) is 1. The summed E-state index contributed by atoms with van der Waals surface area (Å²) in [5.74, 6) is 1.39. The van der Waals surface area contributed by atoms with Crippen LogP contribution < -0.4 is 5.73 Å². The number of thioether (sulfide) groups is 1. The summed E-state index contributed by atoms with van der Waals surface area (Å²) in [6, 6.07) is 5.53. The molecule has 0 amide bonds. The van der Waals surface area contributed by atoms with Gasteiger partial charge in [-0.25, -0.2) is 4.79 Å². The Labute approximate surface area is 113 Å². The Balaban J connectivity index is 2.71. The average molecular weight is 267 g/mol. The highest BCUT2D eigenvalue weighted by atomic mass is 32.2. The van der Waals surface area contributed by atoms with E-state index in [2.05, 4.69) is 13.8 Å². The zero-order chi connectivity index (χ0) is 13.5. The minimum atomic E-state index is -0.346. The van der Waals surface area contributed by atoms with Crippen LogP contribution in [0.5, 0.6) is 0 Å². The third-order valence-electron chi connectivity index (χ3n) is 2.48. The second-order valence-electron chi connectivity index (χ2n) is 4.50. The zero-order valence-corrected chi connectivity index (χ0v) is 12.0. The van der Waals surface area contributed by atoms with Crippen molar-refractivity contribution in [2.75, 3.05) is 18.1 Å². The van der Waals surface area contributed by atoms with Crippen molar-refractivity contribution in [3.05, 3.63) is 23.8 Å². The van der Waals surface area contributed by atoms with Crippen molar-refractivity contribution in [3.63, 3.8) is 0 Å². The van der Waals surface area contributed by atoms with Gasteiger partial charge in [0.1, 0.15) is 0 Å². The third kappa shape index (κ3) is 4.61. The van der Waals surface area contributed by atoms with Crippen molar-refractivity contribution in [1.82, 2.24) is 0 Å². The van der Waals surface area contributed by atoms with E-state index < -0.39 is 0 Å². The highest BCUT2D eigenvalue weighted by molar-refractivity contribution is 7.99. The maximum Gasteiger partial charge on any atom is 0.340 e. The van der Waals surface area contributed by atoms with Gasteiger partial charge in [0.25, 0.3) is 0 Å². The summed E-state index contributed by atoms with van der Waals surface area (Å²) in [5, 5.41) is 0. The third-order valence-corrected chi connectivity index (χ3v) is 3.51. The van der Waals surface area contributed by atoms with Crippen LogP contribution in [0.4, 0.5) is 5.69 Å². The van der Waals surface area contributed by atoms with Gasteiger partial charge in [0, 0.05) is 10.6 Å². The van der Waals surface area contributed by atoms with Crippen molar-refractivity contribution in [1.29, 1.82) is 0 Å². The van der Waals surface area contributed by atoms with Gasteiger partial charge in [-0.1, -0.05) is 13.8 Å². The molecule has 0 aliphatic heterocycles. The number of carbonyl (C=O) groups is 1. The highest BCUT2D eigenvalue weighted by Gasteiger charge is 2.11. The monoisotopic (exact) mass is 267 g/mol. The average Bonchev–Trinajstić information content (AvgIpc) is 2.31. The second-order valence-corrected chi connectivity index (χ2v) is 5.67. The Morgan fingerprint density at radius 2 is 2.17 bits per heavy atom. The van der Waals surface area contributed by atoms with Gasteiger partial charge < -0.3 is 10.5 Å². The standard InChI is InChI=1S/C14H21NO2S/c1-4-17-14(16)12-9-11(5-6-13(12)15)18-8-7-10(2)3/h5-6,9-10H,4,7-8,15H2,1-3H3. The lowest BCUT2D eigenvalue weighted by Gasteiger charge is -2.08. The lowest BCUT2D eigenvalue weighted by molar-refractivity contribution is 0.0527. The molecule has 0 atom stereocenters. The van der Waals surface area contributed by atoms with E-state index in [9.17, 15) is 4.79 Å². The molecule has 0 aliphatic rings. The molecule has 0 saturated heterocycles. The molecule has 0 radical (unpaired) electrons. The number of carbonyl (C=O) groups excluding carboxylic acids is 1. The maximum atomic E-state index is 11.7. The summed E-state index contributed by atoms with van der Waals surface area (Å²) < 4.78 is 4.98. The largest absolute Gasteiger partial charge is 0.462 e. The summed E-state index contributed by atoms with van der Waals surface area (Å²) in [5.41, 5.74) is 6.73. The van der Waals surface area contributed by atoms with Crippen molar-refractivity contribution >= 4 is 23.4 Å². The van der Waals surface area contributed by atoms with Crippen molar-refractivity contribution in [2.24, 2.45) is 5.92 Å². The van der Waals surface area contributed by atoms with Gasteiger partial charge in [0.15, 0.2) is 0 Å². The zero-order valence-electron chi connectivity index (χ0n) is 11.2. The summed E-state index contributed by atoms with van der Waals surface area (Å²) in [7, 11) is 0. The Morgan fingerprint density at radius 1 is 1.44 bits per heavy atom. The van der Waals surface area contributed by atoms with Gasteiger partial charge >= 0.3 is 5.97 Å². The molecule has 0 spiro atoms. The highest BCUT2D eigenvalue weighted by Crippen LogP contribution is 2.25. The molecule has 0 unspecified atom stereocenters. The first kappa shape index (κ1) is 14.9. The van der Waals surface area contributed by atoms with Crippen LogP contribution in [0.15, 0.2) is 23.1 Å². The summed E-state index contributed by atoms with van der Waals surface area (Å²) in [6.07, 6.45) is 1.16. The first-order valence-electron chi connectivity index (χ1n) is 6.24. The number of anilines is 1. The molecule has 0 aromatic heterocycles. The Bertz CT molecular complexity index is 405. The van der Waals surface area contributed by atoms with E-state index in [0.29, 0.717) is 23.8 Å². The molecule has 18 heavy (non-hydrogen) atoms. The fourth-order valence-electron chi connectivity index (χ4n) is 1.42. The Morgan fingerprint density at radius 3 is 2.78 bits per heavy atom. The number of benzene rings is 1. The predicted molar refractivity (Wildman–Crippen MR) is 77.0 cm³/mol. The maximum absolute atomic E-state index is 11.7. The van der Waals surface area contributed by atoms with Gasteiger partial charge in [-0.15, -0.1) is 11.8 Å². The molecule has 0 aliphatic carbocycles. The fraction of sp³-hybridized carbons (Fsp3) is 0.500. The summed E-state index contributed by atoms with van der Waals surface area (Å²) in [6.45, 7) is 6.56. The molecule has 4 heteroatoms. The van der Waals surface area contributed by atoms with Crippen LogP contribution in [0, 0.1) is 5.92 Å². The van der Waals surface area contributed by atoms with Crippen LogP contribution in [0.25, 0.3) is 0 Å². The number of hydrogen-bond acceptors (Lipinski definition) is 4. The first-order chi connectivity index (χ1) is 8.54. The van der Waals surface area contributed by atoms with Gasteiger partial charge in [-0.2, -0.15) is 0 Å². The Hall–Kier alpha value is -1.16. The van der Waals surface area contributed by atoms with Gasteiger partial charge in [-0.05, 0) is 43.2 Å². The van der Waals surface area contributed by atoms with Crippen molar-refractivity contribution < 1.29 is 9.53 Å².